The van der Waals surface area contributed by atoms with E-state index in [1.165, 1.54) is 6.92 Å². The van der Waals surface area contributed by atoms with E-state index in [-0.39, 0.29) is 45.2 Å². The molecule has 1 rings (SSSR count). The first-order valence-electron chi connectivity index (χ1n) is 12.5. The van der Waals surface area contributed by atoms with Crippen molar-refractivity contribution in [1.29, 1.82) is 0 Å². The average Bonchev–Trinajstić information content (AvgIpc) is 2.96. The summed E-state index contributed by atoms with van der Waals surface area (Å²) in [5.74, 6) is -5.36. The van der Waals surface area contributed by atoms with E-state index < -0.39 is 52.1 Å². The number of aromatic carboxylic acids is 2. The number of ether oxygens (including phenoxy) is 3. The number of hydrogen-bond acceptors (Lipinski definition) is 12. The fourth-order valence-corrected chi connectivity index (χ4v) is 2.91. The first-order chi connectivity index (χ1) is 20.0. The number of unbranched alkanes of at least 4 members (excludes halogenated alkanes) is 2. The third-order valence-corrected chi connectivity index (χ3v) is 5.01. The number of allylic oxidation sites excluding steroid dienone is 2. The van der Waals surface area contributed by atoms with Crippen LogP contribution in [0.1, 0.15) is 81.0 Å². The molecule has 0 heterocycles. The molecule has 0 atom stereocenters. The van der Waals surface area contributed by atoms with Crippen molar-refractivity contribution in [1.82, 2.24) is 0 Å². The summed E-state index contributed by atoms with van der Waals surface area (Å²) >= 11 is 0. The summed E-state index contributed by atoms with van der Waals surface area (Å²) in [7, 11) is 0. The Morgan fingerprint density at radius 2 is 1.10 bits per heavy atom. The molecule has 0 aliphatic heterocycles. The summed E-state index contributed by atoms with van der Waals surface area (Å²) in [6.07, 6.45) is 1.33. The third kappa shape index (κ3) is 13.0. The van der Waals surface area contributed by atoms with Crippen LogP contribution in [-0.4, -0.2) is 73.1 Å². The van der Waals surface area contributed by atoms with Crippen LogP contribution in [0.2, 0.25) is 0 Å². The van der Waals surface area contributed by atoms with Crippen molar-refractivity contribution >= 4 is 29.8 Å². The lowest BCUT2D eigenvalue weighted by Gasteiger charge is -2.12. The van der Waals surface area contributed by atoms with Crippen LogP contribution in [0.4, 0.5) is 0 Å². The van der Waals surface area contributed by atoms with Crippen molar-refractivity contribution in [3.05, 3.63) is 70.5 Å². The molecule has 0 radical (unpaired) electrons. The molecule has 0 unspecified atom stereocenters. The topological polar surface area (TPSA) is 190 Å². The molecule has 228 valence electrons. The number of carboxylic acids is 2. The molecule has 42 heavy (non-hydrogen) atoms. The Morgan fingerprint density at radius 1 is 0.643 bits per heavy atom. The largest absolute Gasteiger partial charge is 0.478 e. The molecule has 1 aromatic carbocycles. The minimum absolute atomic E-state index is 0.0152. The highest BCUT2D eigenvalue weighted by Crippen LogP contribution is 2.21. The zero-order valence-electron chi connectivity index (χ0n) is 23.2. The van der Waals surface area contributed by atoms with Gasteiger partial charge in [-0.05, 0) is 31.4 Å². The van der Waals surface area contributed by atoms with Crippen LogP contribution in [-0.2, 0) is 38.6 Å². The fourth-order valence-electron chi connectivity index (χ4n) is 2.91. The first-order valence-corrected chi connectivity index (χ1v) is 12.5. The summed E-state index contributed by atoms with van der Waals surface area (Å²) < 4.78 is 15.0. The van der Waals surface area contributed by atoms with Gasteiger partial charge in [0.05, 0.1) is 28.9 Å². The quantitative estimate of drug-likeness (QED) is 0.0423. The standard InChI is InChI=1S/C28H32O14/c1-5-18(3)41-39-14-12-36-24(29)10-8-7-9-11-37-27(34)22-16-21(26(32)33)23(17-20(22)25(30)31)28(35)38-13-15-40-42-19(4)6-2/h16-17H,1-2,7-15H2,3-4H3,(H,30,31)(H,32,33). The van der Waals surface area contributed by atoms with Crippen molar-refractivity contribution in [3.63, 3.8) is 0 Å². The van der Waals surface area contributed by atoms with Crippen LogP contribution >= 0.6 is 0 Å². The van der Waals surface area contributed by atoms with Gasteiger partial charge in [-0.15, -0.1) is 0 Å². The maximum atomic E-state index is 12.6. The van der Waals surface area contributed by atoms with Crippen molar-refractivity contribution in [2.75, 3.05) is 33.0 Å². The van der Waals surface area contributed by atoms with Gasteiger partial charge in [-0.25, -0.2) is 19.2 Å². The SMILES string of the molecule is C=C=C(C)OOCCOC(=O)CCCCCOC(=O)c1cc(C(=O)O)c(C(=O)OCCOOC(C)=C=C)cc1C(=O)O. The Labute approximate surface area is 241 Å². The Kier molecular flexibility index (Phi) is 16.1. The van der Waals surface area contributed by atoms with Gasteiger partial charge in [-0.1, -0.05) is 24.6 Å². The minimum atomic E-state index is -1.60. The number of benzene rings is 1. The van der Waals surface area contributed by atoms with Gasteiger partial charge >= 0.3 is 29.8 Å². The predicted octanol–water partition coefficient (Wildman–Crippen LogP) is 3.77. The van der Waals surface area contributed by atoms with Gasteiger partial charge in [0, 0.05) is 20.3 Å². The van der Waals surface area contributed by atoms with Gasteiger partial charge in [0.2, 0.25) is 0 Å². The molecule has 0 spiro atoms. The van der Waals surface area contributed by atoms with Gasteiger partial charge < -0.3 is 34.2 Å². The highest BCUT2D eigenvalue weighted by molar-refractivity contribution is 6.09. The highest BCUT2D eigenvalue weighted by atomic mass is 17.2. The van der Waals surface area contributed by atoms with Crippen molar-refractivity contribution in [2.24, 2.45) is 0 Å². The van der Waals surface area contributed by atoms with E-state index in [0.717, 1.165) is 12.1 Å². The minimum Gasteiger partial charge on any atom is -0.478 e. The number of carboxylic acid groups (broad SMARTS) is 2. The van der Waals surface area contributed by atoms with Crippen molar-refractivity contribution in [2.45, 2.75) is 39.5 Å². The number of esters is 3. The van der Waals surface area contributed by atoms with Crippen LogP contribution < -0.4 is 0 Å². The second-order valence-electron chi connectivity index (χ2n) is 8.13. The Bertz CT molecular complexity index is 1240. The zero-order valence-corrected chi connectivity index (χ0v) is 23.2. The van der Waals surface area contributed by atoms with Gasteiger partial charge in [0.15, 0.2) is 11.5 Å². The summed E-state index contributed by atoms with van der Waals surface area (Å²) in [6, 6.07) is 1.47. The van der Waals surface area contributed by atoms with Crippen LogP contribution in [0.15, 0.2) is 48.3 Å². The molecule has 0 fully saturated rings. The molecule has 2 N–H and O–H groups in total. The summed E-state index contributed by atoms with van der Waals surface area (Å²) in [5.41, 5.74) is 2.40. The maximum absolute atomic E-state index is 12.6. The lowest BCUT2D eigenvalue weighted by molar-refractivity contribution is -0.266. The van der Waals surface area contributed by atoms with E-state index in [9.17, 15) is 34.2 Å². The molecule has 0 saturated carbocycles. The van der Waals surface area contributed by atoms with E-state index in [1.807, 2.05) is 0 Å². The van der Waals surface area contributed by atoms with Gasteiger partial charge in [0.25, 0.3) is 0 Å². The van der Waals surface area contributed by atoms with E-state index >= 15 is 0 Å². The number of hydrogen-bond donors (Lipinski definition) is 2. The molecule has 14 nitrogen and oxygen atoms in total. The van der Waals surface area contributed by atoms with Crippen molar-refractivity contribution < 1.29 is 67.9 Å². The van der Waals surface area contributed by atoms with E-state index in [4.69, 9.17) is 33.8 Å². The molecule has 0 saturated heterocycles. The Hall–Kier alpha value is -4.87. The molecular formula is C28H32O14. The van der Waals surface area contributed by atoms with Crippen LogP contribution in [0.3, 0.4) is 0 Å². The van der Waals surface area contributed by atoms with Crippen LogP contribution in [0.25, 0.3) is 0 Å². The normalized spacial score (nSPS) is 9.95. The highest BCUT2D eigenvalue weighted by Gasteiger charge is 2.27. The smallest absolute Gasteiger partial charge is 0.339 e. The molecule has 0 aliphatic carbocycles. The molecule has 14 heteroatoms. The summed E-state index contributed by atoms with van der Waals surface area (Å²) in [6.45, 7) is 9.08. The Balaban J connectivity index is 2.63. The fraction of sp³-hybridized carbons (Fsp3) is 0.393. The molecule has 0 amide bonds. The lowest BCUT2D eigenvalue weighted by Crippen LogP contribution is -2.19. The molecule has 1 aromatic rings. The lowest BCUT2D eigenvalue weighted by atomic mass is 9.98. The Morgan fingerprint density at radius 3 is 1.55 bits per heavy atom. The average molecular weight is 593 g/mol. The van der Waals surface area contributed by atoms with E-state index in [2.05, 4.69) is 24.6 Å². The summed E-state index contributed by atoms with van der Waals surface area (Å²) in [5, 5.41) is 19.1. The van der Waals surface area contributed by atoms with Crippen LogP contribution in [0, 0.1) is 0 Å². The molecule has 0 aromatic heterocycles. The van der Waals surface area contributed by atoms with Crippen molar-refractivity contribution in [3.8, 4) is 0 Å². The van der Waals surface area contributed by atoms with E-state index in [1.54, 1.807) is 6.92 Å². The number of carbonyl (C=O) groups is 5. The van der Waals surface area contributed by atoms with Gasteiger partial charge in [0.1, 0.15) is 26.4 Å². The first kappa shape index (κ1) is 35.2. The zero-order chi connectivity index (χ0) is 31.5. The number of carbonyl (C=O) groups excluding carboxylic acids is 3. The monoisotopic (exact) mass is 592 g/mol. The maximum Gasteiger partial charge on any atom is 0.339 e. The molecule has 0 bridgehead atoms. The molecular weight excluding hydrogens is 560 g/mol. The number of rotatable bonds is 20. The molecule has 0 aliphatic rings. The van der Waals surface area contributed by atoms with E-state index in [0.29, 0.717) is 25.0 Å². The predicted molar refractivity (Wildman–Crippen MR) is 141 cm³/mol. The van der Waals surface area contributed by atoms with Gasteiger partial charge in [-0.2, -0.15) is 9.78 Å². The van der Waals surface area contributed by atoms with Crippen LogP contribution in [0.5, 0.6) is 0 Å². The second kappa shape index (κ2) is 19.2. The third-order valence-electron chi connectivity index (χ3n) is 5.01. The summed E-state index contributed by atoms with van der Waals surface area (Å²) in [4.78, 5) is 79.3. The van der Waals surface area contributed by atoms with Gasteiger partial charge in [-0.3, -0.25) is 4.79 Å². The second-order valence-corrected chi connectivity index (χ2v) is 8.13.